The van der Waals surface area contributed by atoms with Gasteiger partial charge in [0.1, 0.15) is 11.5 Å². The number of hydrogen-bond acceptors (Lipinski definition) is 4. The van der Waals surface area contributed by atoms with E-state index < -0.39 is 0 Å². The Morgan fingerprint density at radius 1 is 1.25 bits per heavy atom. The van der Waals surface area contributed by atoms with Gasteiger partial charge in [-0.15, -0.1) is 0 Å². The van der Waals surface area contributed by atoms with Crippen molar-refractivity contribution in [2.75, 3.05) is 40.3 Å². The number of hydrogen-bond donors (Lipinski definition) is 1. The maximum Gasteiger partial charge on any atom is 0.194 e. The summed E-state index contributed by atoms with van der Waals surface area (Å²) < 4.78 is 11.0. The molecule has 3 rings (SSSR count). The van der Waals surface area contributed by atoms with E-state index in [-0.39, 0.29) is 6.04 Å². The van der Waals surface area contributed by atoms with Gasteiger partial charge in [-0.25, -0.2) is 0 Å². The van der Waals surface area contributed by atoms with Crippen molar-refractivity contribution in [3.8, 4) is 5.75 Å². The van der Waals surface area contributed by atoms with E-state index >= 15 is 0 Å². The molecule has 6 heteroatoms. The molecule has 1 fully saturated rings. The second-order valence-electron chi connectivity index (χ2n) is 7.17. The van der Waals surface area contributed by atoms with Crippen LogP contribution in [0, 0.1) is 0 Å². The predicted molar refractivity (Wildman–Crippen MR) is 113 cm³/mol. The van der Waals surface area contributed by atoms with Crippen LogP contribution in [0.2, 0.25) is 0 Å². The Morgan fingerprint density at radius 2 is 2.00 bits per heavy atom. The minimum absolute atomic E-state index is 0.195. The molecule has 0 aliphatic carbocycles. The summed E-state index contributed by atoms with van der Waals surface area (Å²) in [6, 6.07) is 12.4. The Hall–Kier alpha value is -2.47. The highest BCUT2D eigenvalue weighted by atomic mass is 16.5. The Bertz CT molecular complexity index is 722. The zero-order valence-electron chi connectivity index (χ0n) is 17.2. The van der Waals surface area contributed by atoms with E-state index in [1.54, 1.807) is 13.4 Å². The van der Waals surface area contributed by atoms with Crippen molar-refractivity contribution in [3.63, 3.8) is 0 Å². The van der Waals surface area contributed by atoms with E-state index in [4.69, 9.17) is 14.1 Å². The molecule has 1 N–H and O–H groups in total. The van der Waals surface area contributed by atoms with Crippen LogP contribution in [-0.4, -0.2) is 56.1 Å². The van der Waals surface area contributed by atoms with Crippen LogP contribution in [0.1, 0.15) is 37.1 Å². The maximum absolute atomic E-state index is 5.72. The van der Waals surface area contributed by atoms with Gasteiger partial charge in [0, 0.05) is 20.1 Å². The molecule has 0 amide bonds. The molecule has 2 aromatic rings. The highest BCUT2D eigenvalue weighted by molar-refractivity contribution is 5.79. The fourth-order valence-corrected chi connectivity index (χ4v) is 3.64. The lowest BCUT2D eigenvalue weighted by Crippen LogP contribution is -2.39. The average Bonchev–Trinajstić information content (AvgIpc) is 3.42. The van der Waals surface area contributed by atoms with Crippen LogP contribution in [0.4, 0.5) is 0 Å². The topological polar surface area (TPSA) is 53.2 Å². The lowest BCUT2D eigenvalue weighted by Gasteiger charge is -2.26. The molecule has 2 heterocycles. The Balaban J connectivity index is 1.70. The van der Waals surface area contributed by atoms with Gasteiger partial charge in [0.25, 0.3) is 0 Å². The summed E-state index contributed by atoms with van der Waals surface area (Å²) in [6.07, 6.45) is 4.25. The van der Waals surface area contributed by atoms with E-state index in [1.807, 2.05) is 18.2 Å². The standard InChI is InChI=1S/C22H32N4O2/c1-4-23-22(25(2)17-18-9-11-19(27-3)12-10-18)24-16-20(21-8-7-15-28-21)26-13-5-6-14-26/h7-12,15,20H,4-6,13-14,16-17H2,1-3H3,(H,23,24). The van der Waals surface area contributed by atoms with Gasteiger partial charge in [0.05, 0.1) is 26.0 Å². The summed E-state index contributed by atoms with van der Waals surface area (Å²) in [5.74, 6) is 2.78. The van der Waals surface area contributed by atoms with Crippen LogP contribution >= 0.6 is 0 Å². The molecule has 1 aromatic heterocycles. The summed E-state index contributed by atoms with van der Waals surface area (Å²) in [7, 11) is 3.76. The molecular formula is C22H32N4O2. The van der Waals surface area contributed by atoms with E-state index in [9.17, 15) is 0 Å². The lowest BCUT2D eigenvalue weighted by atomic mass is 10.2. The zero-order valence-corrected chi connectivity index (χ0v) is 17.2. The average molecular weight is 385 g/mol. The van der Waals surface area contributed by atoms with Gasteiger partial charge in [0.2, 0.25) is 0 Å². The van der Waals surface area contributed by atoms with Crippen molar-refractivity contribution >= 4 is 5.96 Å². The van der Waals surface area contributed by atoms with Crippen molar-refractivity contribution in [2.24, 2.45) is 4.99 Å². The number of ether oxygens (including phenoxy) is 1. The van der Waals surface area contributed by atoms with Gasteiger partial charge in [-0.05, 0) is 62.7 Å². The second kappa shape index (κ2) is 10.2. The molecule has 0 bridgehead atoms. The van der Waals surface area contributed by atoms with Gasteiger partial charge >= 0.3 is 0 Å². The van der Waals surface area contributed by atoms with Crippen molar-refractivity contribution in [3.05, 3.63) is 54.0 Å². The smallest absolute Gasteiger partial charge is 0.194 e. The molecule has 0 radical (unpaired) electrons. The summed E-state index contributed by atoms with van der Waals surface area (Å²) in [5.41, 5.74) is 1.22. The van der Waals surface area contributed by atoms with Crippen LogP contribution in [0.25, 0.3) is 0 Å². The molecule has 1 aliphatic heterocycles. The van der Waals surface area contributed by atoms with Crippen molar-refractivity contribution in [2.45, 2.75) is 32.4 Å². The van der Waals surface area contributed by atoms with Gasteiger partial charge in [-0.3, -0.25) is 9.89 Å². The molecule has 0 spiro atoms. The highest BCUT2D eigenvalue weighted by Crippen LogP contribution is 2.26. The molecule has 6 nitrogen and oxygen atoms in total. The second-order valence-corrected chi connectivity index (χ2v) is 7.17. The first-order valence-electron chi connectivity index (χ1n) is 10.1. The van der Waals surface area contributed by atoms with Gasteiger partial charge in [-0.1, -0.05) is 12.1 Å². The molecule has 0 saturated carbocycles. The first-order valence-corrected chi connectivity index (χ1v) is 10.1. The van der Waals surface area contributed by atoms with Gasteiger partial charge in [0.15, 0.2) is 5.96 Å². The number of likely N-dealkylation sites (tertiary alicyclic amines) is 1. The molecule has 1 atom stereocenters. The fraction of sp³-hybridized carbons (Fsp3) is 0.500. The number of furan rings is 1. The van der Waals surface area contributed by atoms with E-state index in [2.05, 4.69) is 47.3 Å². The van der Waals surface area contributed by atoms with Crippen LogP contribution in [-0.2, 0) is 6.54 Å². The first kappa shape index (κ1) is 20.3. The largest absolute Gasteiger partial charge is 0.497 e. The number of nitrogens with zero attached hydrogens (tertiary/aromatic N) is 3. The summed E-state index contributed by atoms with van der Waals surface area (Å²) in [4.78, 5) is 9.59. The lowest BCUT2D eigenvalue weighted by molar-refractivity contribution is 0.220. The Labute approximate surface area is 168 Å². The SMILES string of the molecule is CCNC(=NCC(c1ccco1)N1CCCC1)N(C)Cc1ccc(OC)cc1. The van der Waals surface area contributed by atoms with Crippen molar-refractivity contribution < 1.29 is 9.15 Å². The summed E-state index contributed by atoms with van der Waals surface area (Å²) >= 11 is 0. The molecule has 1 aromatic carbocycles. The first-order chi connectivity index (χ1) is 13.7. The molecule has 1 saturated heterocycles. The maximum atomic E-state index is 5.72. The van der Waals surface area contributed by atoms with Crippen LogP contribution in [0.15, 0.2) is 52.1 Å². The van der Waals surface area contributed by atoms with Crippen LogP contribution < -0.4 is 10.1 Å². The fourth-order valence-electron chi connectivity index (χ4n) is 3.64. The third-order valence-electron chi connectivity index (χ3n) is 5.14. The minimum Gasteiger partial charge on any atom is -0.497 e. The van der Waals surface area contributed by atoms with Crippen molar-refractivity contribution in [1.82, 2.24) is 15.1 Å². The number of guanidine groups is 1. The molecule has 152 valence electrons. The quantitative estimate of drug-likeness (QED) is 0.557. The number of nitrogens with one attached hydrogen (secondary N) is 1. The molecule has 1 unspecified atom stereocenters. The normalized spacial score (nSPS) is 16.2. The predicted octanol–water partition coefficient (Wildman–Crippen LogP) is 3.52. The zero-order chi connectivity index (χ0) is 19.8. The highest BCUT2D eigenvalue weighted by Gasteiger charge is 2.25. The van der Waals surface area contributed by atoms with E-state index in [0.29, 0.717) is 6.54 Å². The summed E-state index contributed by atoms with van der Waals surface area (Å²) in [5, 5.41) is 3.42. The minimum atomic E-state index is 0.195. The summed E-state index contributed by atoms with van der Waals surface area (Å²) in [6.45, 7) is 6.62. The third-order valence-corrected chi connectivity index (χ3v) is 5.14. The molecule has 1 aliphatic rings. The number of methoxy groups -OCH3 is 1. The van der Waals surface area contributed by atoms with Gasteiger partial charge in [-0.2, -0.15) is 0 Å². The molecule has 28 heavy (non-hydrogen) atoms. The Kier molecular flexibility index (Phi) is 7.37. The Morgan fingerprint density at radius 3 is 2.61 bits per heavy atom. The number of aliphatic imine (C=N–C) groups is 1. The van der Waals surface area contributed by atoms with Crippen molar-refractivity contribution in [1.29, 1.82) is 0 Å². The number of benzene rings is 1. The van der Waals surface area contributed by atoms with Crippen LogP contribution in [0.3, 0.4) is 0 Å². The van der Waals surface area contributed by atoms with E-state index in [0.717, 1.165) is 43.6 Å². The van der Waals surface area contributed by atoms with E-state index in [1.165, 1.54) is 18.4 Å². The van der Waals surface area contributed by atoms with Gasteiger partial charge < -0.3 is 19.4 Å². The number of rotatable bonds is 8. The molecular weight excluding hydrogens is 352 g/mol. The monoisotopic (exact) mass is 384 g/mol. The van der Waals surface area contributed by atoms with Crippen LogP contribution in [0.5, 0.6) is 5.75 Å². The third kappa shape index (κ3) is 5.29.